The molecule has 0 aliphatic carbocycles. The minimum atomic E-state index is -0.558. The second kappa shape index (κ2) is 9.75. The first-order valence-electron chi connectivity index (χ1n) is 9.91. The summed E-state index contributed by atoms with van der Waals surface area (Å²) in [4.78, 5) is 18.7. The molecule has 2 aromatic rings. The van der Waals surface area contributed by atoms with Crippen LogP contribution < -0.4 is 9.47 Å². The third-order valence-electron chi connectivity index (χ3n) is 4.38. The summed E-state index contributed by atoms with van der Waals surface area (Å²) < 4.78 is 17.3. The first-order chi connectivity index (χ1) is 14.2. The van der Waals surface area contributed by atoms with Gasteiger partial charge in [0, 0.05) is 24.1 Å². The summed E-state index contributed by atoms with van der Waals surface area (Å²) in [6, 6.07) is 10.5. The Labute approximate surface area is 187 Å². The Morgan fingerprint density at radius 1 is 1.20 bits per heavy atom. The number of amides is 1. The van der Waals surface area contributed by atoms with E-state index >= 15 is 0 Å². The Kier molecular flexibility index (Phi) is 7.32. The highest BCUT2D eigenvalue weighted by atomic mass is 35.5. The van der Waals surface area contributed by atoms with Gasteiger partial charge in [0.05, 0.1) is 10.7 Å². The van der Waals surface area contributed by atoms with Gasteiger partial charge >= 0.3 is 6.09 Å². The van der Waals surface area contributed by atoms with Crippen molar-refractivity contribution in [2.45, 2.75) is 58.5 Å². The first-order valence-corrected chi connectivity index (χ1v) is 10.7. The molecule has 6 nitrogen and oxygen atoms in total. The van der Waals surface area contributed by atoms with Crippen LogP contribution in [-0.4, -0.2) is 34.4 Å². The molecule has 0 N–H and O–H groups in total. The predicted molar refractivity (Wildman–Crippen MR) is 116 cm³/mol. The number of hydrogen-bond acceptors (Lipinski definition) is 5. The third-order valence-corrected chi connectivity index (χ3v) is 4.91. The Morgan fingerprint density at radius 3 is 2.73 bits per heavy atom. The summed E-state index contributed by atoms with van der Waals surface area (Å²) in [5.41, 5.74) is 0.121. The average Bonchev–Trinajstić information content (AvgIpc) is 2.67. The van der Waals surface area contributed by atoms with E-state index in [2.05, 4.69) is 4.98 Å². The molecule has 3 rings (SSSR count). The minimum absolute atomic E-state index is 0.221. The van der Waals surface area contributed by atoms with E-state index in [0.29, 0.717) is 33.9 Å². The molecular formula is C22H26Cl2N2O4. The van der Waals surface area contributed by atoms with Gasteiger partial charge in [-0.1, -0.05) is 29.3 Å². The third kappa shape index (κ3) is 6.41. The summed E-state index contributed by atoms with van der Waals surface area (Å²) in [5.74, 6) is 0.955. The van der Waals surface area contributed by atoms with Crippen LogP contribution in [-0.2, 0) is 11.3 Å². The summed E-state index contributed by atoms with van der Waals surface area (Å²) in [6.07, 6.45) is 1.83. The number of nitrogens with zero attached hydrogens (tertiary/aromatic N) is 2. The van der Waals surface area contributed by atoms with Crippen molar-refractivity contribution in [2.24, 2.45) is 0 Å². The molecule has 0 bridgehead atoms. The number of halogens is 2. The highest BCUT2D eigenvalue weighted by molar-refractivity contribution is 6.35. The predicted octanol–water partition coefficient (Wildman–Crippen LogP) is 6.09. The van der Waals surface area contributed by atoms with Gasteiger partial charge in [0.2, 0.25) is 5.88 Å². The van der Waals surface area contributed by atoms with Crippen molar-refractivity contribution in [3.63, 3.8) is 0 Å². The summed E-state index contributed by atoms with van der Waals surface area (Å²) in [5, 5.41) is 0.980. The molecule has 1 fully saturated rings. The normalized spacial score (nSPS) is 16.8. The van der Waals surface area contributed by atoms with E-state index in [0.717, 1.165) is 19.3 Å². The van der Waals surface area contributed by atoms with Crippen LogP contribution in [0.3, 0.4) is 0 Å². The largest absolute Gasteiger partial charge is 0.486 e. The SMILES string of the molecule is CC(C)(C)OC(=O)N1CCCCC1Oc1cccc(COc2ccc(Cl)cc2Cl)n1. The van der Waals surface area contributed by atoms with Crippen molar-refractivity contribution in [2.75, 3.05) is 6.54 Å². The van der Waals surface area contributed by atoms with E-state index in [1.807, 2.05) is 32.9 Å². The summed E-state index contributed by atoms with van der Waals surface area (Å²) in [7, 11) is 0. The number of pyridine rings is 1. The second-order valence-electron chi connectivity index (χ2n) is 8.07. The van der Waals surface area contributed by atoms with Crippen LogP contribution in [0.1, 0.15) is 45.7 Å². The molecule has 8 heteroatoms. The van der Waals surface area contributed by atoms with Crippen molar-refractivity contribution >= 4 is 29.3 Å². The molecule has 30 heavy (non-hydrogen) atoms. The van der Waals surface area contributed by atoms with Gasteiger partial charge in [0.25, 0.3) is 0 Å². The molecule has 1 aliphatic heterocycles. The number of carbonyl (C=O) groups is 1. The van der Waals surface area contributed by atoms with Gasteiger partial charge in [-0.3, -0.25) is 4.90 Å². The van der Waals surface area contributed by atoms with E-state index in [4.69, 9.17) is 37.4 Å². The standard InChI is InChI=1S/C22H26Cl2N2O4/c1-22(2,3)30-21(27)26-12-5-4-9-20(26)29-19-8-6-7-16(25-19)14-28-18-11-10-15(23)13-17(18)24/h6-8,10-11,13,20H,4-5,9,12,14H2,1-3H3. The zero-order valence-electron chi connectivity index (χ0n) is 17.4. The quantitative estimate of drug-likeness (QED) is 0.548. The number of hydrogen-bond donors (Lipinski definition) is 0. The second-order valence-corrected chi connectivity index (χ2v) is 8.92. The number of ether oxygens (including phenoxy) is 3. The van der Waals surface area contributed by atoms with E-state index in [1.54, 1.807) is 29.2 Å². The Bertz CT molecular complexity index is 886. The Balaban J connectivity index is 1.65. The number of likely N-dealkylation sites (tertiary alicyclic amines) is 1. The highest BCUT2D eigenvalue weighted by Crippen LogP contribution is 2.28. The molecule has 1 amide bonds. The van der Waals surface area contributed by atoms with Crippen molar-refractivity contribution in [3.05, 3.63) is 52.1 Å². The lowest BCUT2D eigenvalue weighted by Gasteiger charge is -2.36. The molecule has 0 radical (unpaired) electrons. The number of aromatic nitrogens is 1. The van der Waals surface area contributed by atoms with Crippen LogP contribution in [0.4, 0.5) is 4.79 Å². The fourth-order valence-corrected chi connectivity index (χ4v) is 3.50. The van der Waals surface area contributed by atoms with E-state index in [9.17, 15) is 4.79 Å². The van der Waals surface area contributed by atoms with Crippen LogP contribution in [0.5, 0.6) is 11.6 Å². The lowest BCUT2D eigenvalue weighted by molar-refractivity contribution is -0.0356. The van der Waals surface area contributed by atoms with Crippen molar-refractivity contribution < 1.29 is 19.0 Å². The first kappa shape index (κ1) is 22.5. The molecular weight excluding hydrogens is 427 g/mol. The molecule has 1 aromatic carbocycles. The van der Waals surface area contributed by atoms with Gasteiger partial charge in [0.1, 0.15) is 18.0 Å². The maximum atomic E-state index is 12.6. The minimum Gasteiger partial charge on any atom is -0.486 e. The lowest BCUT2D eigenvalue weighted by Crippen LogP contribution is -2.48. The fraction of sp³-hybridized carbons (Fsp3) is 0.455. The molecule has 2 heterocycles. The van der Waals surface area contributed by atoms with E-state index in [1.165, 1.54) is 0 Å². The van der Waals surface area contributed by atoms with Crippen LogP contribution in [0.15, 0.2) is 36.4 Å². The smallest absolute Gasteiger partial charge is 0.413 e. The number of benzene rings is 1. The monoisotopic (exact) mass is 452 g/mol. The lowest BCUT2D eigenvalue weighted by atomic mass is 10.1. The van der Waals surface area contributed by atoms with Crippen LogP contribution in [0, 0.1) is 0 Å². The topological polar surface area (TPSA) is 60.9 Å². The van der Waals surface area contributed by atoms with E-state index < -0.39 is 11.8 Å². The van der Waals surface area contributed by atoms with Gasteiger partial charge in [-0.15, -0.1) is 0 Å². The fourth-order valence-electron chi connectivity index (χ4n) is 3.04. The molecule has 1 unspecified atom stereocenters. The average molecular weight is 453 g/mol. The van der Waals surface area contributed by atoms with Crippen molar-refractivity contribution in [1.82, 2.24) is 9.88 Å². The molecule has 1 saturated heterocycles. The Morgan fingerprint density at radius 2 is 2.00 bits per heavy atom. The highest BCUT2D eigenvalue weighted by Gasteiger charge is 2.32. The maximum Gasteiger partial charge on any atom is 0.413 e. The zero-order chi connectivity index (χ0) is 21.7. The molecule has 162 valence electrons. The van der Waals surface area contributed by atoms with Crippen molar-refractivity contribution in [1.29, 1.82) is 0 Å². The zero-order valence-corrected chi connectivity index (χ0v) is 18.9. The van der Waals surface area contributed by atoms with Gasteiger partial charge in [-0.05, 0) is 57.9 Å². The van der Waals surface area contributed by atoms with Crippen LogP contribution in [0.2, 0.25) is 10.0 Å². The molecule has 1 aliphatic rings. The molecule has 1 aromatic heterocycles. The van der Waals surface area contributed by atoms with Gasteiger partial charge < -0.3 is 14.2 Å². The molecule has 0 spiro atoms. The number of rotatable bonds is 5. The van der Waals surface area contributed by atoms with Gasteiger partial charge in [0.15, 0.2) is 6.23 Å². The number of piperidine rings is 1. The maximum absolute atomic E-state index is 12.6. The van der Waals surface area contributed by atoms with E-state index in [-0.39, 0.29) is 12.7 Å². The molecule has 0 saturated carbocycles. The number of carbonyl (C=O) groups excluding carboxylic acids is 1. The molecule has 1 atom stereocenters. The van der Waals surface area contributed by atoms with Crippen LogP contribution in [0.25, 0.3) is 0 Å². The van der Waals surface area contributed by atoms with Crippen molar-refractivity contribution in [3.8, 4) is 11.6 Å². The van der Waals surface area contributed by atoms with Gasteiger partial charge in [-0.25, -0.2) is 9.78 Å². The Hall–Kier alpha value is -2.18. The summed E-state index contributed by atoms with van der Waals surface area (Å²) >= 11 is 12.1. The van der Waals surface area contributed by atoms with Crippen LogP contribution >= 0.6 is 23.2 Å². The van der Waals surface area contributed by atoms with Gasteiger partial charge in [-0.2, -0.15) is 0 Å². The summed E-state index contributed by atoms with van der Waals surface area (Å²) in [6.45, 7) is 6.37.